The fraction of sp³-hybridized carbons (Fsp3) is 0.188. The minimum atomic E-state index is -0.327. The van der Waals surface area contributed by atoms with Crippen LogP contribution in [-0.2, 0) is 0 Å². The molecule has 0 saturated carbocycles. The molecule has 0 bridgehead atoms. The van der Waals surface area contributed by atoms with Crippen LogP contribution in [0.1, 0.15) is 0 Å². The maximum atomic E-state index is 11.7. The summed E-state index contributed by atoms with van der Waals surface area (Å²) >= 11 is 5.78. The van der Waals surface area contributed by atoms with Crippen LogP contribution >= 0.6 is 11.6 Å². The number of urea groups is 1. The van der Waals surface area contributed by atoms with Crippen molar-refractivity contribution in [3.8, 4) is 5.75 Å². The van der Waals surface area contributed by atoms with Gasteiger partial charge >= 0.3 is 6.03 Å². The van der Waals surface area contributed by atoms with Crippen molar-refractivity contribution in [2.45, 2.75) is 0 Å². The van der Waals surface area contributed by atoms with E-state index in [2.05, 4.69) is 10.6 Å². The number of halogens is 1. The fourth-order valence-electron chi connectivity index (χ4n) is 1.73. The molecule has 0 aliphatic heterocycles. The number of anilines is 2. The molecule has 0 aromatic heterocycles. The van der Waals surface area contributed by atoms with Crippen LogP contribution in [0.4, 0.5) is 16.2 Å². The minimum Gasteiger partial charge on any atom is -0.473 e. The van der Waals surface area contributed by atoms with Crippen molar-refractivity contribution >= 4 is 29.0 Å². The average Bonchev–Trinajstić information content (AvgIpc) is 2.50. The van der Waals surface area contributed by atoms with Gasteiger partial charge in [0.15, 0.2) is 6.73 Å². The lowest BCUT2D eigenvalue weighted by Gasteiger charge is -2.13. The number of nitrogens with zero attached hydrogens (tertiary/aromatic N) is 1. The third-order valence-electron chi connectivity index (χ3n) is 2.93. The summed E-state index contributed by atoms with van der Waals surface area (Å²) in [6.07, 6.45) is 0. The van der Waals surface area contributed by atoms with E-state index < -0.39 is 0 Å². The Bertz CT molecular complexity index is 612. The van der Waals surface area contributed by atoms with E-state index >= 15 is 0 Å². The molecule has 0 atom stereocenters. The third-order valence-corrected chi connectivity index (χ3v) is 3.18. The zero-order chi connectivity index (χ0) is 15.9. The van der Waals surface area contributed by atoms with E-state index in [1.54, 1.807) is 24.3 Å². The van der Waals surface area contributed by atoms with Gasteiger partial charge in [-0.15, -0.1) is 0 Å². The van der Waals surface area contributed by atoms with Crippen molar-refractivity contribution in [2.24, 2.45) is 0 Å². The monoisotopic (exact) mass is 319 g/mol. The number of ether oxygens (including phenoxy) is 1. The first-order valence-electron chi connectivity index (χ1n) is 6.75. The lowest BCUT2D eigenvalue weighted by atomic mass is 10.2. The Morgan fingerprint density at radius 2 is 1.73 bits per heavy atom. The summed E-state index contributed by atoms with van der Waals surface area (Å²) in [5.41, 5.74) is 1.78. The minimum absolute atomic E-state index is 0.0727. The fourth-order valence-corrected chi connectivity index (χ4v) is 1.86. The Balaban J connectivity index is 1.76. The molecule has 5 nitrogen and oxygen atoms in total. The summed E-state index contributed by atoms with van der Waals surface area (Å²) < 4.78 is 5.38. The van der Waals surface area contributed by atoms with Crippen molar-refractivity contribution in [1.29, 1.82) is 0 Å². The van der Waals surface area contributed by atoms with Crippen molar-refractivity contribution in [3.63, 3.8) is 0 Å². The van der Waals surface area contributed by atoms with E-state index in [-0.39, 0.29) is 12.8 Å². The molecule has 0 spiro atoms. The number of hydrogen-bond acceptors (Lipinski definition) is 3. The molecule has 0 unspecified atom stereocenters. The van der Waals surface area contributed by atoms with Crippen LogP contribution in [0, 0.1) is 0 Å². The first kappa shape index (κ1) is 16.0. The van der Waals surface area contributed by atoms with E-state index in [0.29, 0.717) is 10.8 Å². The molecule has 0 fully saturated rings. The normalized spacial score (nSPS) is 9.95. The molecule has 2 aromatic rings. The van der Waals surface area contributed by atoms with Gasteiger partial charge in [0.25, 0.3) is 0 Å². The Labute approximate surface area is 134 Å². The molecule has 2 amide bonds. The maximum absolute atomic E-state index is 11.7. The van der Waals surface area contributed by atoms with Crippen LogP contribution in [0.25, 0.3) is 0 Å². The van der Waals surface area contributed by atoms with Crippen LogP contribution in [0.3, 0.4) is 0 Å². The van der Waals surface area contributed by atoms with Gasteiger partial charge in [-0.05, 0) is 48.5 Å². The van der Waals surface area contributed by atoms with Gasteiger partial charge in [-0.1, -0.05) is 11.6 Å². The highest BCUT2D eigenvalue weighted by atomic mass is 35.5. The molecule has 0 aliphatic rings. The Kier molecular flexibility index (Phi) is 5.49. The highest BCUT2D eigenvalue weighted by Crippen LogP contribution is 2.16. The highest BCUT2D eigenvalue weighted by Gasteiger charge is 2.02. The number of carbonyl (C=O) groups is 1. The lowest BCUT2D eigenvalue weighted by molar-refractivity contribution is 0.234. The molecule has 2 rings (SSSR count). The van der Waals surface area contributed by atoms with Crippen LogP contribution in [0.5, 0.6) is 5.75 Å². The molecule has 6 heteroatoms. The number of amides is 2. The van der Waals surface area contributed by atoms with Crippen LogP contribution < -0.4 is 20.3 Å². The van der Waals surface area contributed by atoms with Gasteiger partial charge in [0.05, 0.1) is 0 Å². The second-order valence-corrected chi connectivity index (χ2v) is 5.25. The predicted molar refractivity (Wildman–Crippen MR) is 89.9 cm³/mol. The Morgan fingerprint density at radius 1 is 1.09 bits per heavy atom. The summed E-state index contributed by atoms with van der Waals surface area (Å²) in [7, 11) is 3.92. The maximum Gasteiger partial charge on any atom is 0.321 e. The van der Waals surface area contributed by atoms with Crippen LogP contribution in [0.2, 0.25) is 5.02 Å². The Morgan fingerprint density at radius 3 is 2.32 bits per heavy atom. The smallest absolute Gasteiger partial charge is 0.321 e. The molecular weight excluding hydrogens is 302 g/mol. The molecular formula is C16H18ClN3O2. The van der Waals surface area contributed by atoms with Crippen molar-refractivity contribution in [1.82, 2.24) is 5.32 Å². The highest BCUT2D eigenvalue weighted by molar-refractivity contribution is 6.30. The lowest BCUT2D eigenvalue weighted by Crippen LogP contribution is -2.32. The van der Waals surface area contributed by atoms with Crippen LogP contribution in [0.15, 0.2) is 48.5 Å². The van der Waals surface area contributed by atoms with Crippen molar-refractivity contribution in [2.75, 3.05) is 31.0 Å². The first-order chi connectivity index (χ1) is 10.5. The second kappa shape index (κ2) is 7.56. The van der Waals surface area contributed by atoms with Gasteiger partial charge in [-0.2, -0.15) is 0 Å². The van der Waals surface area contributed by atoms with Gasteiger partial charge in [-0.3, -0.25) is 0 Å². The number of nitrogens with one attached hydrogen (secondary N) is 2. The van der Waals surface area contributed by atoms with E-state index in [1.165, 1.54) is 0 Å². The summed E-state index contributed by atoms with van der Waals surface area (Å²) in [5, 5.41) is 5.99. The molecule has 116 valence electrons. The summed E-state index contributed by atoms with van der Waals surface area (Å²) in [4.78, 5) is 13.7. The molecule has 2 N–H and O–H groups in total. The quantitative estimate of drug-likeness (QED) is 0.828. The molecule has 2 aromatic carbocycles. The zero-order valence-corrected chi connectivity index (χ0v) is 13.2. The van der Waals surface area contributed by atoms with Gasteiger partial charge in [-0.25, -0.2) is 4.79 Å². The first-order valence-corrected chi connectivity index (χ1v) is 7.13. The molecule has 0 radical (unpaired) electrons. The number of benzene rings is 2. The van der Waals surface area contributed by atoms with Gasteiger partial charge in [0.1, 0.15) is 5.75 Å². The van der Waals surface area contributed by atoms with E-state index in [9.17, 15) is 4.79 Å². The Hall–Kier alpha value is -2.40. The summed E-state index contributed by atoms with van der Waals surface area (Å²) in [6, 6.07) is 14.1. The zero-order valence-electron chi connectivity index (χ0n) is 12.5. The van der Waals surface area contributed by atoms with Crippen molar-refractivity contribution in [3.05, 3.63) is 53.6 Å². The summed E-state index contributed by atoms with van der Waals surface area (Å²) in [6.45, 7) is 0.0727. The molecule has 0 aliphatic carbocycles. The number of hydrogen-bond donors (Lipinski definition) is 2. The predicted octanol–water partition coefficient (Wildman–Crippen LogP) is 3.56. The largest absolute Gasteiger partial charge is 0.473 e. The van der Waals surface area contributed by atoms with Crippen molar-refractivity contribution < 1.29 is 9.53 Å². The molecule has 0 heterocycles. The number of carbonyl (C=O) groups excluding carboxylic acids is 1. The summed E-state index contributed by atoms with van der Waals surface area (Å²) in [5.74, 6) is 0.639. The molecule has 22 heavy (non-hydrogen) atoms. The average molecular weight is 320 g/mol. The van der Waals surface area contributed by atoms with E-state index in [4.69, 9.17) is 16.3 Å². The topological polar surface area (TPSA) is 53.6 Å². The number of rotatable bonds is 5. The standard InChI is InChI=1S/C16H18ClN3O2/c1-20(2)14-7-5-13(6-8-14)19-16(21)18-11-22-15-9-3-12(17)4-10-15/h3-10H,11H2,1-2H3,(H2,18,19,21). The van der Waals surface area contributed by atoms with Crippen LogP contribution in [-0.4, -0.2) is 26.9 Å². The van der Waals surface area contributed by atoms with Gasteiger partial charge < -0.3 is 20.3 Å². The second-order valence-electron chi connectivity index (χ2n) is 4.81. The van der Waals surface area contributed by atoms with Gasteiger partial charge in [0, 0.05) is 30.5 Å². The van der Waals surface area contributed by atoms with Gasteiger partial charge in [0.2, 0.25) is 0 Å². The third kappa shape index (κ3) is 4.86. The van der Waals surface area contributed by atoms with E-state index in [1.807, 2.05) is 43.3 Å². The SMILES string of the molecule is CN(C)c1ccc(NC(=O)NCOc2ccc(Cl)cc2)cc1. The molecule has 0 saturated heterocycles. The van der Waals surface area contributed by atoms with E-state index in [0.717, 1.165) is 11.4 Å².